The zero-order valence-corrected chi connectivity index (χ0v) is 11.6. The van der Waals surface area contributed by atoms with Crippen LogP contribution in [-0.4, -0.2) is 22.0 Å². The van der Waals surface area contributed by atoms with Crippen molar-refractivity contribution in [2.24, 2.45) is 0 Å². The molecule has 0 radical (unpaired) electrons. The lowest BCUT2D eigenvalue weighted by Crippen LogP contribution is -2.27. The first-order valence-corrected chi connectivity index (χ1v) is 6.36. The third kappa shape index (κ3) is 3.82. The summed E-state index contributed by atoms with van der Waals surface area (Å²) in [5, 5.41) is 2.60. The van der Waals surface area contributed by atoms with Crippen molar-refractivity contribution < 1.29 is 9.53 Å². The lowest BCUT2D eigenvalue weighted by atomic mass is 10.2. The number of anilines is 1. The number of carbonyl (C=O) groups is 1. The van der Waals surface area contributed by atoms with E-state index in [2.05, 4.69) is 10.3 Å². The van der Waals surface area contributed by atoms with Gasteiger partial charge in [0.2, 0.25) is 0 Å². The van der Waals surface area contributed by atoms with Crippen LogP contribution in [-0.2, 0) is 0 Å². The average Bonchev–Trinajstić information content (AvgIpc) is 2.39. The average molecular weight is 289 g/mol. The monoisotopic (exact) mass is 289 g/mol. The molecule has 0 bridgehead atoms. The summed E-state index contributed by atoms with van der Waals surface area (Å²) in [7, 11) is 0. The van der Waals surface area contributed by atoms with Crippen LogP contribution in [0.2, 0.25) is 0 Å². The van der Waals surface area contributed by atoms with E-state index >= 15 is 0 Å². The second kappa shape index (κ2) is 6.08. The van der Waals surface area contributed by atoms with Gasteiger partial charge < -0.3 is 15.0 Å². The van der Waals surface area contributed by atoms with E-state index in [0.29, 0.717) is 11.4 Å². The number of benzene rings is 1. The van der Waals surface area contributed by atoms with Gasteiger partial charge in [0.1, 0.15) is 11.4 Å². The molecule has 1 aromatic carbocycles. The Labute approximate surface area is 120 Å². The molecule has 2 rings (SSSR count). The summed E-state index contributed by atoms with van der Waals surface area (Å²) in [4.78, 5) is 38.7. The maximum absolute atomic E-state index is 12.1. The maximum Gasteiger partial charge on any atom is 0.326 e. The van der Waals surface area contributed by atoms with Crippen molar-refractivity contribution in [3.63, 3.8) is 0 Å². The predicted molar refractivity (Wildman–Crippen MR) is 77.8 cm³/mol. The van der Waals surface area contributed by atoms with Crippen molar-refractivity contribution >= 4 is 11.6 Å². The van der Waals surface area contributed by atoms with Crippen LogP contribution < -0.4 is 21.3 Å². The van der Waals surface area contributed by atoms with Gasteiger partial charge in [0, 0.05) is 6.07 Å². The smallest absolute Gasteiger partial charge is 0.326 e. The molecule has 0 aliphatic carbocycles. The van der Waals surface area contributed by atoms with Gasteiger partial charge in [-0.15, -0.1) is 0 Å². The molecule has 1 heterocycles. The molecular formula is C14H15N3O4. The zero-order chi connectivity index (χ0) is 15.4. The molecule has 21 heavy (non-hydrogen) atoms. The fraction of sp³-hybridized carbons (Fsp3) is 0.214. The van der Waals surface area contributed by atoms with Crippen molar-refractivity contribution in [1.82, 2.24) is 9.97 Å². The second-order valence-electron chi connectivity index (χ2n) is 4.62. The van der Waals surface area contributed by atoms with Gasteiger partial charge in [-0.2, -0.15) is 0 Å². The molecule has 7 nitrogen and oxygen atoms in total. The summed E-state index contributed by atoms with van der Waals surface area (Å²) in [6, 6.07) is 7.92. The molecule has 0 atom stereocenters. The highest BCUT2D eigenvalue weighted by molar-refractivity contribution is 6.03. The minimum atomic E-state index is -0.737. The Morgan fingerprint density at radius 3 is 2.57 bits per heavy atom. The number of para-hydroxylation sites is 2. The number of carbonyl (C=O) groups excluding carboxylic acids is 1. The highest BCUT2D eigenvalue weighted by Crippen LogP contribution is 2.25. The molecule has 7 heteroatoms. The Hall–Kier alpha value is -2.83. The number of aromatic amines is 2. The van der Waals surface area contributed by atoms with Crippen LogP contribution in [0, 0.1) is 0 Å². The van der Waals surface area contributed by atoms with Crippen molar-refractivity contribution in [3.05, 3.63) is 56.9 Å². The topological polar surface area (TPSA) is 104 Å². The van der Waals surface area contributed by atoms with Crippen LogP contribution in [0.25, 0.3) is 0 Å². The molecule has 0 saturated carbocycles. The Balaban J connectivity index is 2.27. The van der Waals surface area contributed by atoms with Crippen LogP contribution in [0.1, 0.15) is 24.3 Å². The molecule has 0 aliphatic heterocycles. The summed E-state index contributed by atoms with van der Waals surface area (Å²) >= 11 is 0. The van der Waals surface area contributed by atoms with E-state index in [-0.39, 0.29) is 11.8 Å². The van der Waals surface area contributed by atoms with Gasteiger partial charge in [0.15, 0.2) is 0 Å². The van der Waals surface area contributed by atoms with E-state index < -0.39 is 17.2 Å². The van der Waals surface area contributed by atoms with Crippen LogP contribution in [0.15, 0.2) is 39.9 Å². The molecule has 1 aromatic heterocycles. The molecule has 0 spiro atoms. The SMILES string of the molecule is CC(C)Oc1ccccc1NC(=O)c1cc(=O)[nH]c(=O)[nH]1. The Morgan fingerprint density at radius 1 is 1.19 bits per heavy atom. The molecule has 3 N–H and O–H groups in total. The molecule has 110 valence electrons. The van der Waals surface area contributed by atoms with Crippen molar-refractivity contribution in [1.29, 1.82) is 0 Å². The van der Waals surface area contributed by atoms with Gasteiger partial charge in [0.05, 0.1) is 11.8 Å². The lowest BCUT2D eigenvalue weighted by molar-refractivity contribution is 0.102. The van der Waals surface area contributed by atoms with E-state index in [9.17, 15) is 14.4 Å². The number of hydrogen-bond donors (Lipinski definition) is 3. The third-order valence-corrected chi connectivity index (χ3v) is 2.50. The highest BCUT2D eigenvalue weighted by atomic mass is 16.5. The lowest BCUT2D eigenvalue weighted by Gasteiger charge is -2.14. The van der Waals surface area contributed by atoms with E-state index in [0.717, 1.165) is 6.07 Å². The van der Waals surface area contributed by atoms with Crippen molar-refractivity contribution in [2.45, 2.75) is 20.0 Å². The van der Waals surface area contributed by atoms with E-state index in [4.69, 9.17) is 4.74 Å². The first-order valence-electron chi connectivity index (χ1n) is 6.36. The summed E-state index contributed by atoms with van der Waals surface area (Å²) in [6.07, 6.45) is -0.0533. The van der Waals surface area contributed by atoms with E-state index in [1.807, 2.05) is 18.8 Å². The van der Waals surface area contributed by atoms with Gasteiger partial charge in [-0.05, 0) is 26.0 Å². The normalized spacial score (nSPS) is 10.4. The van der Waals surface area contributed by atoms with E-state index in [1.165, 1.54) is 0 Å². The quantitative estimate of drug-likeness (QED) is 0.784. The molecule has 0 unspecified atom stereocenters. The van der Waals surface area contributed by atoms with Gasteiger partial charge in [-0.3, -0.25) is 14.6 Å². The highest BCUT2D eigenvalue weighted by Gasteiger charge is 2.12. The predicted octanol–water partition coefficient (Wildman–Crippen LogP) is 1.10. The van der Waals surface area contributed by atoms with Gasteiger partial charge in [0.25, 0.3) is 11.5 Å². The van der Waals surface area contributed by atoms with Gasteiger partial charge in [-0.25, -0.2) is 4.79 Å². The van der Waals surface area contributed by atoms with E-state index in [1.54, 1.807) is 24.3 Å². The largest absolute Gasteiger partial charge is 0.489 e. The van der Waals surface area contributed by atoms with Gasteiger partial charge in [-0.1, -0.05) is 12.1 Å². The number of nitrogens with one attached hydrogen (secondary N) is 3. The van der Waals surface area contributed by atoms with Crippen LogP contribution in [0.4, 0.5) is 5.69 Å². The summed E-state index contributed by atoms with van der Waals surface area (Å²) < 4.78 is 5.57. The third-order valence-electron chi connectivity index (χ3n) is 2.50. The number of rotatable bonds is 4. The van der Waals surface area contributed by atoms with Gasteiger partial charge >= 0.3 is 5.69 Å². The Kier molecular flexibility index (Phi) is 4.22. The molecule has 0 saturated heterocycles. The number of ether oxygens (including phenoxy) is 1. The summed E-state index contributed by atoms with van der Waals surface area (Å²) in [5.74, 6) is -0.0916. The first-order chi connectivity index (χ1) is 9.95. The fourth-order valence-electron chi connectivity index (χ4n) is 1.71. The molecule has 0 fully saturated rings. The first kappa shape index (κ1) is 14.6. The Bertz CT molecular complexity index is 733. The fourth-order valence-corrected chi connectivity index (χ4v) is 1.71. The molecule has 1 amide bonds. The second-order valence-corrected chi connectivity index (χ2v) is 4.62. The molecule has 0 aliphatic rings. The van der Waals surface area contributed by atoms with Crippen LogP contribution >= 0.6 is 0 Å². The maximum atomic E-state index is 12.1. The number of H-pyrrole nitrogens is 2. The zero-order valence-electron chi connectivity index (χ0n) is 11.6. The molecule has 2 aromatic rings. The number of amides is 1. The van der Waals surface area contributed by atoms with Crippen molar-refractivity contribution in [3.8, 4) is 5.75 Å². The summed E-state index contributed by atoms with van der Waals surface area (Å²) in [6.45, 7) is 3.74. The minimum Gasteiger partial charge on any atom is -0.489 e. The molecular weight excluding hydrogens is 274 g/mol. The van der Waals surface area contributed by atoms with Crippen LogP contribution in [0.5, 0.6) is 5.75 Å². The Morgan fingerprint density at radius 2 is 1.90 bits per heavy atom. The number of hydrogen-bond acceptors (Lipinski definition) is 4. The standard InChI is InChI=1S/C14H15N3O4/c1-8(2)21-11-6-4-3-5-9(11)15-13(19)10-7-12(18)17-14(20)16-10/h3-8H,1-2H3,(H,15,19)(H2,16,17,18,20). The van der Waals surface area contributed by atoms with Crippen LogP contribution in [0.3, 0.4) is 0 Å². The van der Waals surface area contributed by atoms with Crippen molar-refractivity contribution in [2.75, 3.05) is 5.32 Å². The number of aromatic nitrogens is 2. The minimum absolute atomic E-state index is 0.0533. The summed E-state index contributed by atoms with van der Waals surface area (Å²) in [5.41, 5.74) is -1.05.